The zero-order chi connectivity index (χ0) is 28.5. The van der Waals surface area contributed by atoms with Gasteiger partial charge in [0.2, 0.25) is 21.8 Å². The minimum absolute atomic E-state index is 0.0136. The van der Waals surface area contributed by atoms with Gasteiger partial charge < -0.3 is 15.0 Å². The number of allylic oxidation sites excluding steroid dienone is 2. The van der Waals surface area contributed by atoms with E-state index in [1.165, 1.54) is 44.0 Å². The molecule has 2 aliphatic rings. The van der Waals surface area contributed by atoms with E-state index in [2.05, 4.69) is 10.1 Å². The van der Waals surface area contributed by atoms with E-state index in [1.807, 2.05) is 0 Å². The minimum Gasteiger partial charge on any atom is -0.405 e. The van der Waals surface area contributed by atoms with E-state index in [0.29, 0.717) is 19.3 Å². The molecule has 0 radical (unpaired) electrons. The Morgan fingerprint density at radius 1 is 1.21 bits per heavy atom. The summed E-state index contributed by atoms with van der Waals surface area (Å²) in [4.78, 5) is 27.3. The zero-order valence-corrected chi connectivity index (χ0v) is 22.6. The number of amides is 2. The molecule has 1 heterocycles. The number of para-hydroxylation sites is 1. The number of piperidine rings is 1. The molecule has 1 N–H and O–H groups in total. The molecule has 8 nitrogen and oxygen atoms in total. The topological polar surface area (TPSA) is 96.0 Å². The first-order valence-electron chi connectivity index (χ1n) is 12.2. The summed E-state index contributed by atoms with van der Waals surface area (Å²) in [5.74, 6) is -1.52. The van der Waals surface area contributed by atoms with Gasteiger partial charge >= 0.3 is 6.36 Å². The molecule has 1 aliphatic carbocycles. The lowest BCUT2D eigenvalue weighted by atomic mass is 9.64. The molecule has 0 bridgehead atoms. The third kappa shape index (κ3) is 6.66. The molecular formula is C25H33F4N3O5S. The Kier molecular flexibility index (Phi) is 8.52. The predicted octanol–water partition coefficient (Wildman–Crippen LogP) is 3.64. The van der Waals surface area contributed by atoms with Crippen molar-refractivity contribution in [1.82, 2.24) is 14.5 Å². The number of carbonyl (C=O) groups excluding carboxylic acids is 2. The number of hydrogen-bond donors (Lipinski definition) is 1. The minimum atomic E-state index is -4.94. The van der Waals surface area contributed by atoms with Gasteiger partial charge in [-0.1, -0.05) is 31.2 Å². The lowest BCUT2D eigenvalue weighted by Crippen LogP contribution is -2.55. The molecule has 212 valence electrons. The molecule has 1 aliphatic heterocycles. The second-order valence-electron chi connectivity index (χ2n) is 10.3. The molecule has 1 aromatic rings. The van der Waals surface area contributed by atoms with Crippen molar-refractivity contribution in [1.29, 1.82) is 0 Å². The molecular weight excluding hydrogens is 530 g/mol. The Labute approximate surface area is 220 Å². The molecule has 38 heavy (non-hydrogen) atoms. The number of ether oxygens (including phenoxy) is 1. The summed E-state index contributed by atoms with van der Waals surface area (Å²) in [7, 11) is -2.32. The summed E-state index contributed by atoms with van der Waals surface area (Å²) in [5.41, 5.74) is -3.12. The van der Waals surface area contributed by atoms with Gasteiger partial charge in [-0.2, -0.15) is 4.31 Å². The molecule has 3 unspecified atom stereocenters. The summed E-state index contributed by atoms with van der Waals surface area (Å²) < 4.78 is 83.5. The number of alkyl halides is 4. The largest absolute Gasteiger partial charge is 0.573 e. The number of likely N-dealkylation sites (N-methyl/N-ethyl adjacent to an activating group) is 1. The Hall–Kier alpha value is -2.67. The van der Waals surface area contributed by atoms with Gasteiger partial charge in [-0.3, -0.25) is 9.59 Å². The number of nitrogens with zero attached hydrogens (tertiary/aromatic N) is 2. The average molecular weight is 564 g/mol. The van der Waals surface area contributed by atoms with E-state index < -0.39 is 57.6 Å². The number of sulfonamides is 1. The summed E-state index contributed by atoms with van der Waals surface area (Å²) in [6, 6.07) is 4.57. The van der Waals surface area contributed by atoms with E-state index >= 15 is 4.39 Å². The molecule has 1 aromatic carbocycles. The molecule has 13 heteroatoms. The van der Waals surface area contributed by atoms with Gasteiger partial charge in [0.1, 0.15) is 17.5 Å². The van der Waals surface area contributed by atoms with Gasteiger partial charge in [-0.25, -0.2) is 12.8 Å². The summed E-state index contributed by atoms with van der Waals surface area (Å²) in [6.07, 6.45) is -0.990. The van der Waals surface area contributed by atoms with Crippen LogP contribution in [-0.4, -0.2) is 73.9 Å². The maximum Gasteiger partial charge on any atom is 0.573 e. The van der Waals surface area contributed by atoms with E-state index in [9.17, 15) is 31.2 Å². The third-order valence-corrected chi connectivity index (χ3v) is 8.73. The van der Waals surface area contributed by atoms with Crippen molar-refractivity contribution in [3.63, 3.8) is 0 Å². The highest BCUT2D eigenvalue weighted by atomic mass is 32.2. The Balaban J connectivity index is 1.79. The zero-order valence-electron chi connectivity index (χ0n) is 21.8. The molecule has 3 atom stereocenters. The number of halogens is 4. The monoisotopic (exact) mass is 563 g/mol. The highest BCUT2D eigenvalue weighted by Crippen LogP contribution is 2.50. The van der Waals surface area contributed by atoms with E-state index in [1.54, 1.807) is 6.08 Å². The third-order valence-electron chi connectivity index (χ3n) is 7.47. The Bertz CT molecular complexity index is 1200. The quantitative estimate of drug-likeness (QED) is 0.512. The number of hydrogen-bond acceptors (Lipinski definition) is 5. The lowest BCUT2D eigenvalue weighted by molar-refractivity contribution is -0.275. The fraction of sp³-hybridized carbons (Fsp3) is 0.600. The predicted molar refractivity (Wildman–Crippen MR) is 132 cm³/mol. The second kappa shape index (κ2) is 10.8. The van der Waals surface area contributed by atoms with E-state index in [4.69, 9.17) is 0 Å². The van der Waals surface area contributed by atoms with Crippen LogP contribution in [0.5, 0.6) is 5.75 Å². The normalized spacial score (nSPS) is 26.6. The van der Waals surface area contributed by atoms with Crippen molar-refractivity contribution >= 4 is 21.8 Å². The van der Waals surface area contributed by atoms with Crippen molar-refractivity contribution < 1.29 is 40.3 Å². The van der Waals surface area contributed by atoms with E-state index in [0.717, 1.165) is 16.6 Å². The maximum atomic E-state index is 16.2. The fourth-order valence-electron chi connectivity index (χ4n) is 4.93. The van der Waals surface area contributed by atoms with Crippen LogP contribution in [0.25, 0.3) is 0 Å². The van der Waals surface area contributed by atoms with Gasteiger partial charge in [0.25, 0.3) is 0 Å². The van der Waals surface area contributed by atoms with Crippen LogP contribution in [0, 0.1) is 0 Å². The Morgan fingerprint density at radius 3 is 2.47 bits per heavy atom. The van der Waals surface area contributed by atoms with Crippen LogP contribution in [0.15, 0.2) is 36.0 Å². The molecule has 1 fully saturated rings. The van der Waals surface area contributed by atoms with Crippen LogP contribution in [0.4, 0.5) is 17.6 Å². The standard InChI is InChI=1S/C25H33F4N3O5S/c1-23(18-9-5-6-11-20(18)37-25(27,28)29)13-12-17(15-24(23,2)26)30-22(34)19-10-7-8-14-32(19)21(33)16-31(3)38(4,35)36/h5-6,9,11-12,19H,7-8,10,13-16H2,1-4H3,(H,30,34). The van der Waals surface area contributed by atoms with Crippen molar-refractivity contribution in [2.75, 3.05) is 26.4 Å². The SMILES string of the molecule is CN(CC(=O)N1CCCCC1C(=O)NC1=CCC(C)(c2ccccc2OC(F)(F)F)C(C)(F)C1)S(C)(=O)=O. The molecule has 3 rings (SSSR count). The fourth-order valence-corrected chi connectivity index (χ4v) is 5.27. The smallest absolute Gasteiger partial charge is 0.405 e. The van der Waals surface area contributed by atoms with E-state index in [-0.39, 0.29) is 30.6 Å². The number of nitrogens with one attached hydrogen (secondary N) is 1. The summed E-state index contributed by atoms with van der Waals surface area (Å²) >= 11 is 0. The highest BCUT2D eigenvalue weighted by molar-refractivity contribution is 7.88. The Morgan fingerprint density at radius 2 is 1.87 bits per heavy atom. The van der Waals surface area contributed by atoms with Crippen LogP contribution in [0.2, 0.25) is 0 Å². The number of carbonyl (C=O) groups is 2. The van der Waals surface area contributed by atoms with Crippen LogP contribution >= 0.6 is 0 Å². The van der Waals surface area contributed by atoms with Gasteiger partial charge in [-0.15, -0.1) is 13.2 Å². The number of benzene rings is 1. The van der Waals surface area contributed by atoms with Gasteiger partial charge in [0.15, 0.2) is 0 Å². The van der Waals surface area contributed by atoms with Crippen LogP contribution < -0.4 is 10.1 Å². The van der Waals surface area contributed by atoms with Crippen LogP contribution in [0.3, 0.4) is 0 Å². The summed E-state index contributed by atoms with van der Waals surface area (Å²) in [6.45, 7) is 2.66. The average Bonchev–Trinajstić information content (AvgIpc) is 2.80. The number of likely N-dealkylation sites (tertiary alicyclic amines) is 1. The highest BCUT2D eigenvalue weighted by Gasteiger charge is 2.51. The van der Waals surface area contributed by atoms with Crippen molar-refractivity contribution in [2.45, 2.75) is 69.4 Å². The van der Waals surface area contributed by atoms with Gasteiger partial charge in [0.05, 0.1) is 12.8 Å². The first-order valence-corrected chi connectivity index (χ1v) is 14.0. The number of rotatable bonds is 7. The van der Waals surface area contributed by atoms with Crippen molar-refractivity contribution in [3.05, 3.63) is 41.6 Å². The molecule has 0 saturated carbocycles. The van der Waals surface area contributed by atoms with Crippen molar-refractivity contribution in [3.8, 4) is 5.75 Å². The first kappa shape index (κ1) is 29.9. The van der Waals surface area contributed by atoms with Crippen molar-refractivity contribution in [2.24, 2.45) is 0 Å². The maximum absolute atomic E-state index is 16.2. The van der Waals surface area contributed by atoms with Gasteiger partial charge in [0, 0.05) is 36.7 Å². The summed E-state index contributed by atoms with van der Waals surface area (Å²) in [5, 5.41) is 2.70. The first-order chi connectivity index (χ1) is 17.4. The molecule has 2 amide bonds. The van der Waals surface area contributed by atoms with Crippen LogP contribution in [-0.2, 0) is 25.0 Å². The molecule has 0 aromatic heterocycles. The second-order valence-corrected chi connectivity index (χ2v) is 12.4. The van der Waals surface area contributed by atoms with Crippen LogP contribution in [0.1, 0.15) is 51.5 Å². The molecule has 1 saturated heterocycles. The lowest BCUT2D eigenvalue weighted by Gasteiger charge is -2.45. The van der Waals surface area contributed by atoms with Gasteiger partial charge in [-0.05, 0) is 38.7 Å². The molecule has 0 spiro atoms.